The molecular formula is C18H22N2O5S. The molecule has 1 atom stereocenters. The van der Waals surface area contributed by atoms with E-state index in [-0.39, 0.29) is 42.6 Å². The fraction of sp³-hybridized carbons (Fsp3) is 0.556. The van der Waals surface area contributed by atoms with Crippen molar-refractivity contribution in [2.45, 2.75) is 36.7 Å². The van der Waals surface area contributed by atoms with Crippen LogP contribution in [0.25, 0.3) is 0 Å². The third-order valence-corrected chi connectivity index (χ3v) is 6.76. The lowest BCUT2D eigenvalue weighted by Gasteiger charge is -2.30. The summed E-state index contributed by atoms with van der Waals surface area (Å²) in [5, 5.41) is 8.81. The zero-order valence-electron chi connectivity index (χ0n) is 14.5. The number of hydrogen-bond acceptors (Lipinski definition) is 6. The molecule has 0 radical (unpaired) electrons. The van der Waals surface area contributed by atoms with Crippen LogP contribution in [0.4, 0.5) is 0 Å². The van der Waals surface area contributed by atoms with Crippen LogP contribution in [0.1, 0.15) is 31.2 Å². The number of esters is 1. The van der Waals surface area contributed by atoms with E-state index in [1.807, 2.05) is 6.07 Å². The Morgan fingerprint density at radius 2 is 1.92 bits per heavy atom. The van der Waals surface area contributed by atoms with Crippen molar-refractivity contribution in [1.29, 1.82) is 5.26 Å². The highest BCUT2D eigenvalue weighted by atomic mass is 32.2. The number of piperidine rings is 1. The summed E-state index contributed by atoms with van der Waals surface area (Å²) in [7, 11) is -3.61. The minimum Gasteiger partial charge on any atom is -0.463 e. The topological polar surface area (TPSA) is 96.7 Å². The lowest BCUT2D eigenvalue weighted by Crippen LogP contribution is -2.40. The fourth-order valence-corrected chi connectivity index (χ4v) is 4.72. The smallest absolute Gasteiger partial charge is 0.309 e. The molecule has 7 nitrogen and oxygen atoms in total. The Bertz CT molecular complexity index is 771. The Morgan fingerprint density at radius 1 is 1.23 bits per heavy atom. The van der Waals surface area contributed by atoms with Gasteiger partial charge in [0, 0.05) is 19.7 Å². The molecule has 0 N–H and O–H groups in total. The number of sulfonamides is 1. The molecular weight excluding hydrogens is 356 g/mol. The molecule has 2 aliphatic heterocycles. The van der Waals surface area contributed by atoms with E-state index in [1.54, 1.807) is 0 Å². The van der Waals surface area contributed by atoms with Gasteiger partial charge < -0.3 is 9.47 Å². The summed E-state index contributed by atoms with van der Waals surface area (Å²) >= 11 is 0. The van der Waals surface area contributed by atoms with Crippen molar-refractivity contribution < 1.29 is 22.7 Å². The highest BCUT2D eigenvalue weighted by Crippen LogP contribution is 2.25. The van der Waals surface area contributed by atoms with Gasteiger partial charge in [0.25, 0.3) is 0 Å². The van der Waals surface area contributed by atoms with E-state index >= 15 is 0 Å². The molecule has 26 heavy (non-hydrogen) atoms. The molecule has 2 fully saturated rings. The average Bonchev–Trinajstić information content (AvgIpc) is 3.20. The summed E-state index contributed by atoms with van der Waals surface area (Å²) in [4.78, 5) is 12.3. The Hall–Kier alpha value is -1.95. The Kier molecular flexibility index (Phi) is 5.91. The molecule has 1 aromatic rings. The molecule has 1 unspecified atom stereocenters. The minimum absolute atomic E-state index is 0.00389. The highest BCUT2D eigenvalue weighted by molar-refractivity contribution is 7.89. The van der Waals surface area contributed by atoms with Gasteiger partial charge in [-0.05, 0) is 49.9 Å². The van der Waals surface area contributed by atoms with Gasteiger partial charge in [-0.1, -0.05) is 0 Å². The van der Waals surface area contributed by atoms with Gasteiger partial charge in [-0.3, -0.25) is 4.79 Å². The standard InChI is InChI=1S/C18H22N2O5S/c19-12-14-3-5-17(6-4-14)26(22,23)20-9-7-15(8-10-20)18(21)25-13-16-2-1-11-24-16/h3-6,15-16H,1-2,7-11,13H2. The number of nitrogens with zero attached hydrogens (tertiary/aromatic N) is 2. The zero-order valence-corrected chi connectivity index (χ0v) is 15.3. The molecule has 8 heteroatoms. The molecule has 0 amide bonds. The Morgan fingerprint density at radius 3 is 2.50 bits per heavy atom. The first kappa shape index (κ1) is 18.8. The first-order chi connectivity index (χ1) is 12.5. The summed E-state index contributed by atoms with van der Waals surface area (Å²) in [6.45, 7) is 1.56. The lowest BCUT2D eigenvalue weighted by atomic mass is 9.98. The quantitative estimate of drug-likeness (QED) is 0.723. The van der Waals surface area contributed by atoms with E-state index in [9.17, 15) is 13.2 Å². The van der Waals surface area contributed by atoms with Crippen LogP contribution in [0.3, 0.4) is 0 Å². The molecule has 2 aliphatic rings. The number of benzene rings is 1. The van der Waals surface area contributed by atoms with Gasteiger partial charge in [0.05, 0.1) is 28.6 Å². The van der Waals surface area contributed by atoms with Crippen LogP contribution in [0, 0.1) is 17.2 Å². The molecule has 2 saturated heterocycles. The van der Waals surface area contributed by atoms with Crippen LogP contribution in [0.15, 0.2) is 29.2 Å². The maximum Gasteiger partial charge on any atom is 0.309 e. The van der Waals surface area contributed by atoms with Gasteiger partial charge in [0.1, 0.15) is 6.61 Å². The van der Waals surface area contributed by atoms with Gasteiger partial charge in [-0.25, -0.2) is 8.42 Å². The molecule has 3 rings (SSSR count). The van der Waals surface area contributed by atoms with Crippen LogP contribution in [-0.2, 0) is 24.3 Å². The second-order valence-electron chi connectivity index (χ2n) is 6.58. The first-order valence-electron chi connectivity index (χ1n) is 8.79. The van der Waals surface area contributed by atoms with E-state index in [2.05, 4.69) is 0 Å². The number of carbonyl (C=O) groups excluding carboxylic acids is 1. The average molecular weight is 378 g/mol. The van der Waals surface area contributed by atoms with E-state index < -0.39 is 10.0 Å². The molecule has 0 aliphatic carbocycles. The zero-order chi connectivity index (χ0) is 18.6. The third-order valence-electron chi connectivity index (χ3n) is 4.84. The van der Waals surface area contributed by atoms with Crippen LogP contribution in [0.5, 0.6) is 0 Å². The van der Waals surface area contributed by atoms with Gasteiger partial charge in [0.15, 0.2) is 0 Å². The van der Waals surface area contributed by atoms with Crippen LogP contribution in [-0.4, -0.2) is 51.1 Å². The van der Waals surface area contributed by atoms with Crippen molar-refractivity contribution in [1.82, 2.24) is 4.31 Å². The molecule has 1 aromatic carbocycles. The van der Waals surface area contributed by atoms with Crippen LogP contribution < -0.4 is 0 Å². The molecule has 0 bridgehead atoms. The van der Waals surface area contributed by atoms with E-state index in [0.717, 1.165) is 12.8 Å². The molecule has 2 heterocycles. The monoisotopic (exact) mass is 378 g/mol. The summed E-state index contributed by atoms with van der Waals surface area (Å²) in [6.07, 6.45) is 2.79. The summed E-state index contributed by atoms with van der Waals surface area (Å²) in [5.74, 6) is -0.542. The molecule has 0 saturated carbocycles. The van der Waals surface area contributed by atoms with Crippen LogP contribution >= 0.6 is 0 Å². The maximum absolute atomic E-state index is 12.7. The predicted molar refractivity (Wildman–Crippen MR) is 92.6 cm³/mol. The van der Waals surface area contributed by atoms with Gasteiger partial charge >= 0.3 is 5.97 Å². The summed E-state index contributed by atoms with van der Waals surface area (Å²) in [5.41, 5.74) is 0.414. The van der Waals surface area contributed by atoms with Crippen molar-refractivity contribution in [3.63, 3.8) is 0 Å². The number of hydrogen-bond donors (Lipinski definition) is 0. The van der Waals surface area contributed by atoms with Crippen molar-refractivity contribution in [2.75, 3.05) is 26.3 Å². The third kappa shape index (κ3) is 4.23. The number of ether oxygens (including phenoxy) is 2. The van der Waals surface area contributed by atoms with Crippen molar-refractivity contribution in [3.8, 4) is 6.07 Å². The SMILES string of the molecule is N#Cc1ccc(S(=O)(=O)N2CCC(C(=O)OCC3CCCO3)CC2)cc1. The van der Waals surface area contributed by atoms with Crippen molar-refractivity contribution in [3.05, 3.63) is 29.8 Å². The lowest BCUT2D eigenvalue weighted by molar-refractivity contribution is -0.153. The largest absolute Gasteiger partial charge is 0.463 e. The number of rotatable bonds is 5. The maximum atomic E-state index is 12.7. The van der Waals surface area contributed by atoms with Crippen molar-refractivity contribution in [2.24, 2.45) is 5.92 Å². The van der Waals surface area contributed by atoms with E-state index in [4.69, 9.17) is 14.7 Å². The highest BCUT2D eigenvalue weighted by Gasteiger charge is 2.33. The first-order valence-corrected chi connectivity index (χ1v) is 10.2. The van der Waals surface area contributed by atoms with E-state index in [0.29, 0.717) is 25.0 Å². The summed E-state index contributed by atoms with van der Waals surface area (Å²) < 4.78 is 37.5. The predicted octanol–water partition coefficient (Wildman–Crippen LogP) is 1.68. The Labute approximate surface area is 153 Å². The fourth-order valence-electron chi connectivity index (χ4n) is 3.25. The van der Waals surface area contributed by atoms with Crippen molar-refractivity contribution >= 4 is 16.0 Å². The number of carbonyl (C=O) groups is 1. The molecule has 0 spiro atoms. The normalized spacial score (nSPS) is 22.0. The minimum atomic E-state index is -3.61. The van der Waals surface area contributed by atoms with E-state index in [1.165, 1.54) is 28.6 Å². The number of nitriles is 1. The van der Waals surface area contributed by atoms with Gasteiger partial charge in [-0.2, -0.15) is 9.57 Å². The summed E-state index contributed by atoms with van der Waals surface area (Å²) in [6, 6.07) is 7.82. The second-order valence-corrected chi connectivity index (χ2v) is 8.52. The second kappa shape index (κ2) is 8.16. The van der Waals surface area contributed by atoms with Crippen LogP contribution in [0.2, 0.25) is 0 Å². The Balaban J connectivity index is 1.53. The molecule has 0 aromatic heterocycles. The van der Waals surface area contributed by atoms with Gasteiger partial charge in [-0.15, -0.1) is 0 Å². The van der Waals surface area contributed by atoms with Gasteiger partial charge in [0.2, 0.25) is 10.0 Å². The molecule has 140 valence electrons.